The second-order valence-electron chi connectivity index (χ2n) is 5.91. The summed E-state index contributed by atoms with van der Waals surface area (Å²) in [7, 11) is -3.43. The first-order valence-corrected chi connectivity index (χ1v) is 9.11. The van der Waals surface area contributed by atoms with E-state index in [-0.39, 0.29) is 11.1 Å². The predicted octanol–water partition coefficient (Wildman–Crippen LogP) is 1.58. The number of hydrogen-bond acceptors (Lipinski definition) is 5. The second-order valence-corrected chi connectivity index (χ2v) is 7.82. The maximum atomic E-state index is 11.9. The van der Waals surface area contributed by atoms with Gasteiger partial charge in [-0.3, -0.25) is 0 Å². The van der Waals surface area contributed by atoms with E-state index in [0.29, 0.717) is 18.8 Å². The molecular formula is C15H22N4O2S. The molecule has 0 aliphatic heterocycles. The molecule has 120 valence electrons. The molecule has 0 fully saturated rings. The molecular weight excluding hydrogens is 300 g/mol. The van der Waals surface area contributed by atoms with Gasteiger partial charge in [0.15, 0.2) is 5.82 Å². The molecule has 0 bridgehead atoms. The third-order valence-corrected chi connectivity index (χ3v) is 4.22. The number of aromatic nitrogens is 3. The van der Waals surface area contributed by atoms with Crippen LogP contribution < -0.4 is 5.73 Å². The molecule has 0 saturated heterocycles. The fraction of sp³-hybridized carbons (Fsp3) is 0.467. The lowest BCUT2D eigenvalue weighted by molar-refractivity contribution is 0.456. The highest BCUT2D eigenvalue weighted by molar-refractivity contribution is 7.90. The average molecular weight is 322 g/mol. The van der Waals surface area contributed by atoms with Crippen molar-refractivity contribution >= 4 is 9.84 Å². The molecule has 0 amide bonds. The zero-order chi connectivity index (χ0) is 16.3. The van der Waals surface area contributed by atoms with Crippen molar-refractivity contribution in [2.45, 2.75) is 38.0 Å². The Labute approximate surface area is 131 Å². The van der Waals surface area contributed by atoms with E-state index in [2.05, 4.69) is 10.2 Å². The van der Waals surface area contributed by atoms with E-state index in [4.69, 9.17) is 5.73 Å². The van der Waals surface area contributed by atoms with Crippen molar-refractivity contribution < 1.29 is 8.42 Å². The molecule has 0 unspecified atom stereocenters. The molecule has 0 radical (unpaired) electrons. The standard InChI is InChI=1S/C15H22N4O2S/c1-11(2)10-19-14(17-18-15(19)22(3,20)21)13(16)9-12-7-5-4-6-8-12/h4-8,11,13H,9-10,16H2,1-3H3/t13-/m0/s1. The SMILES string of the molecule is CC(C)Cn1c([C@@H](N)Cc2ccccc2)nnc1S(C)(=O)=O. The summed E-state index contributed by atoms with van der Waals surface area (Å²) < 4.78 is 25.4. The van der Waals surface area contributed by atoms with Crippen LogP contribution in [0.5, 0.6) is 0 Å². The molecule has 0 saturated carbocycles. The Morgan fingerprint density at radius 3 is 2.36 bits per heavy atom. The smallest absolute Gasteiger partial charge is 0.249 e. The van der Waals surface area contributed by atoms with E-state index in [1.54, 1.807) is 4.57 Å². The fourth-order valence-electron chi connectivity index (χ4n) is 2.34. The summed E-state index contributed by atoms with van der Waals surface area (Å²) in [5.74, 6) is 0.775. The predicted molar refractivity (Wildman–Crippen MR) is 85.0 cm³/mol. The lowest BCUT2D eigenvalue weighted by Crippen LogP contribution is -2.22. The van der Waals surface area contributed by atoms with Gasteiger partial charge >= 0.3 is 0 Å². The summed E-state index contributed by atoms with van der Waals surface area (Å²) in [5, 5.41) is 7.87. The minimum absolute atomic E-state index is 0.0142. The third-order valence-electron chi connectivity index (χ3n) is 3.25. The number of sulfone groups is 1. The molecule has 1 aromatic heterocycles. The Kier molecular flexibility index (Phi) is 4.97. The highest BCUT2D eigenvalue weighted by atomic mass is 32.2. The Morgan fingerprint density at radius 1 is 1.18 bits per heavy atom. The molecule has 1 aromatic carbocycles. The van der Waals surface area contributed by atoms with Crippen LogP contribution >= 0.6 is 0 Å². The number of nitrogens with two attached hydrogens (primary N) is 1. The van der Waals surface area contributed by atoms with Crippen molar-refractivity contribution in [3.8, 4) is 0 Å². The zero-order valence-electron chi connectivity index (χ0n) is 13.1. The zero-order valence-corrected chi connectivity index (χ0v) is 13.9. The minimum atomic E-state index is -3.43. The topological polar surface area (TPSA) is 90.9 Å². The third kappa shape index (κ3) is 3.92. The van der Waals surface area contributed by atoms with Crippen LogP contribution in [0.4, 0.5) is 0 Å². The fourth-order valence-corrected chi connectivity index (χ4v) is 3.10. The second kappa shape index (κ2) is 6.58. The summed E-state index contributed by atoms with van der Waals surface area (Å²) in [6.07, 6.45) is 1.72. The minimum Gasteiger partial charge on any atom is -0.321 e. The molecule has 1 atom stereocenters. The quantitative estimate of drug-likeness (QED) is 0.872. The van der Waals surface area contributed by atoms with Gasteiger partial charge in [0.2, 0.25) is 15.0 Å². The molecule has 0 spiro atoms. The number of hydrogen-bond donors (Lipinski definition) is 1. The molecule has 22 heavy (non-hydrogen) atoms. The number of nitrogens with zero attached hydrogens (tertiary/aromatic N) is 3. The van der Waals surface area contributed by atoms with Crippen molar-refractivity contribution in [2.24, 2.45) is 11.7 Å². The first kappa shape index (κ1) is 16.6. The molecule has 2 rings (SSSR count). The lowest BCUT2D eigenvalue weighted by atomic mass is 10.1. The van der Waals surface area contributed by atoms with Crippen LogP contribution in [0.3, 0.4) is 0 Å². The van der Waals surface area contributed by atoms with E-state index in [9.17, 15) is 8.42 Å². The van der Waals surface area contributed by atoms with Crippen molar-refractivity contribution in [1.29, 1.82) is 0 Å². The van der Waals surface area contributed by atoms with Gasteiger partial charge in [0.1, 0.15) is 0 Å². The summed E-state index contributed by atoms with van der Waals surface area (Å²) >= 11 is 0. The van der Waals surface area contributed by atoms with E-state index < -0.39 is 15.9 Å². The monoisotopic (exact) mass is 322 g/mol. The highest BCUT2D eigenvalue weighted by Gasteiger charge is 2.24. The van der Waals surface area contributed by atoms with E-state index in [1.165, 1.54) is 0 Å². The van der Waals surface area contributed by atoms with Gasteiger partial charge in [-0.2, -0.15) is 0 Å². The van der Waals surface area contributed by atoms with E-state index in [0.717, 1.165) is 11.8 Å². The Bertz CT molecular complexity index is 723. The first-order chi connectivity index (χ1) is 10.3. The van der Waals surface area contributed by atoms with Gasteiger partial charge in [-0.05, 0) is 17.9 Å². The van der Waals surface area contributed by atoms with Crippen molar-refractivity contribution in [2.75, 3.05) is 6.26 Å². The largest absolute Gasteiger partial charge is 0.321 e. The molecule has 0 aliphatic carbocycles. The van der Waals surface area contributed by atoms with Gasteiger partial charge in [-0.1, -0.05) is 44.2 Å². The lowest BCUT2D eigenvalue weighted by Gasteiger charge is -2.16. The number of benzene rings is 1. The Balaban J connectivity index is 2.35. The van der Waals surface area contributed by atoms with Crippen LogP contribution in [0.1, 0.15) is 31.3 Å². The molecule has 2 aromatic rings. The summed E-state index contributed by atoms with van der Waals surface area (Å²) in [5.41, 5.74) is 7.32. The van der Waals surface area contributed by atoms with Gasteiger partial charge in [0, 0.05) is 12.8 Å². The summed E-state index contributed by atoms with van der Waals surface area (Å²) in [6.45, 7) is 4.55. The van der Waals surface area contributed by atoms with Gasteiger partial charge in [-0.25, -0.2) is 8.42 Å². The normalized spacial score (nSPS) is 13.5. The van der Waals surface area contributed by atoms with Crippen molar-refractivity contribution in [3.05, 3.63) is 41.7 Å². The molecule has 2 N–H and O–H groups in total. The molecule has 0 aliphatic rings. The van der Waals surface area contributed by atoms with Crippen molar-refractivity contribution in [3.63, 3.8) is 0 Å². The van der Waals surface area contributed by atoms with Gasteiger partial charge in [-0.15, -0.1) is 10.2 Å². The maximum Gasteiger partial charge on any atom is 0.249 e. The van der Waals surface area contributed by atoms with Gasteiger partial charge in [0.05, 0.1) is 6.04 Å². The number of rotatable bonds is 6. The van der Waals surface area contributed by atoms with E-state index in [1.807, 2.05) is 44.2 Å². The molecule has 1 heterocycles. The van der Waals surface area contributed by atoms with Crippen molar-refractivity contribution in [1.82, 2.24) is 14.8 Å². The Hall–Kier alpha value is -1.73. The van der Waals surface area contributed by atoms with Crippen LogP contribution in [-0.4, -0.2) is 29.4 Å². The molecule has 7 heteroatoms. The van der Waals surface area contributed by atoms with Gasteiger partial charge < -0.3 is 10.3 Å². The van der Waals surface area contributed by atoms with Crippen LogP contribution in [0.25, 0.3) is 0 Å². The Morgan fingerprint density at radius 2 is 1.82 bits per heavy atom. The van der Waals surface area contributed by atoms with Crippen LogP contribution in [-0.2, 0) is 22.8 Å². The molecule has 6 nitrogen and oxygen atoms in total. The first-order valence-electron chi connectivity index (χ1n) is 7.21. The summed E-state index contributed by atoms with van der Waals surface area (Å²) in [4.78, 5) is 0. The van der Waals surface area contributed by atoms with Crippen LogP contribution in [0.2, 0.25) is 0 Å². The summed E-state index contributed by atoms with van der Waals surface area (Å²) in [6, 6.07) is 9.41. The van der Waals surface area contributed by atoms with Crippen LogP contribution in [0.15, 0.2) is 35.5 Å². The van der Waals surface area contributed by atoms with Crippen LogP contribution in [0, 0.1) is 5.92 Å². The van der Waals surface area contributed by atoms with Gasteiger partial charge in [0.25, 0.3) is 0 Å². The van der Waals surface area contributed by atoms with E-state index >= 15 is 0 Å². The highest BCUT2D eigenvalue weighted by Crippen LogP contribution is 2.19. The maximum absolute atomic E-state index is 11.9. The average Bonchev–Trinajstić information content (AvgIpc) is 2.82.